The number of hydrogen-bond donors (Lipinski definition) is 1. The first-order valence-electron chi connectivity index (χ1n) is 6.04. The normalized spacial score (nSPS) is 25.4. The monoisotopic (exact) mass is 194 g/mol. The molecule has 1 saturated carbocycles. The summed E-state index contributed by atoms with van der Waals surface area (Å²) in [7, 11) is 0. The average Bonchev–Trinajstić information content (AvgIpc) is 2.97. The van der Waals surface area contributed by atoms with Crippen LogP contribution in [0.2, 0.25) is 0 Å². The van der Waals surface area contributed by atoms with Crippen molar-refractivity contribution < 1.29 is 0 Å². The van der Waals surface area contributed by atoms with Crippen molar-refractivity contribution in [1.29, 1.82) is 5.41 Å². The van der Waals surface area contributed by atoms with Crippen molar-refractivity contribution >= 4 is 5.84 Å². The molecular formula is C12H22N2. The Morgan fingerprint density at radius 3 is 2.43 bits per heavy atom. The Balaban J connectivity index is 1.95. The summed E-state index contributed by atoms with van der Waals surface area (Å²) in [6.07, 6.45) is 6.38. The summed E-state index contributed by atoms with van der Waals surface area (Å²) >= 11 is 0. The maximum atomic E-state index is 8.06. The van der Waals surface area contributed by atoms with Crippen molar-refractivity contribution in [2.24, 2.45) is 11.3 Å². The van der Waals surface area contributed by atoms with Crippen LogP contribution in [0.25, 0.3) is 0 Å². The van der Waals surface area contributed by atoms with E-state index >= 15 is 0 Å². The summed E-state index contributed by atoms with van der Waals surface area (Å²) in [5, 5.41) is 8.06. The Bertz CT molecular complexity index is 226. The van der Waals surface area contributed by atoms with E-state index in [4.69, 9.17) is 5.41 Å². The van der Waals surface area contributed by atoms with Gasteiger partial charge in [0.05, 0.1) is 5.84 Å². The van der Waals surface area contributed by atoms with E-state index in [1.807, 2.05) is 0 Å². The fraction of sp³-hybridized carbons (Fsp3) is 0.917. The number of nitrogens with zero attached hydrogens (tertiary/aromatic N) is 1. The zero-order valence-electron chi connectivity index (χ0n) is 9.47. The van der Waals surface area contributed by atoms with Gasteiger partial charge in [-0.25, -0.2) is 0 Å². The van der Waals surface area contributed by atoms with Crippen LogP contribution in [0.5, 0.6) is 0 Å². The quantitative estimate of drug-likeness (QED) is 0.543. The molecular weight excluding hydrogens is 172 g/mol. The van der Waals surface area contributed by atoms with E-state index in [0.717, 1.165) is 18.9 Å². The number of hydrogen-bond acceptors (Lipinski definition) is 1. The summed E-state index contributed by atoms with van der Waals surface area (Å²) in [5.41, 5.74) is 0.529. The molecule has 2 heteroatoms. The van der Waals surface area contributed by atoms with Crippen LogP contribution in [0.1, 0.15) is 46.0 Å². The summed E-state index contributed by atoms with van der Waals surface area (Å²) in [5.74, 6) is 1.56. The third-order valence-electron chi connectivity index (χ3n) is 4.24. The molecule has 0 bridgehead atoms. The molecule has 2 rings (SSSR count). The average molecular weight is 194 g/mol. The third-order valence-corrected chi connectivity index (χ3v) is 4.24. The molecule has 80 valence electrons. The Hall–Kier alpha value is -0.530. The van der Waals surface area contributed by atoms with Gasteiger partial charge >= 0.3 is 0 Å². The minimum atomic E-state index is 0.529. The molecule has 0 unspecified atom stereocenters. The Morgan fingerprint density at radius 2 is 2.00 bits per heavy atom. The number of likely N-dealkylation sites (tertiary alicyclic amines) is 1. The molecule has 14 heavy (non-hydrogen) atoms. The van der Waals surface area contributed by atoms with E-state index in [9.17, 15) is 0 Å². The molecule has 2 nitrogen and oxygen atoms in total. The van der Waals surface area contributed by atoms with E-state index < -0.39 is 0 Å². The third kappa shape index (κ3) is 1.67. The first-order chi connectivity index (χ1) is 6.71. The lowest BCUT2D eigenvalue weighted by atomic mass is 9.82. The van der Waals surface area contributed by atoms with E-state index in [1.54, 1.807) is 0 Å². The zero-order chi connectivity index (χ0) is 10.2. The second-order valence-electron chi connectivity index (χ2n) is 5.04. The summed E-state index contributed by atoms with van der Waals surface area (Å²) < 4.78 is 0. The predicted molar refractivity (Wildman–Crippen MR) is 59.7 cm³/mol. The summed E-state index contributed by atoms with van der Waals surface area (Å²) in [6, 6.07) is 0. The van der Waals surface area contributed by atoms with Crippen molar-refractivity contribution in [3.63, 3.8) is 0 Å². The standard InChI is InChI=1S/C12H22N2/c1-3-12(4-2)7-8-14(9-12)11(13)10-5-6-10/h10,13H,3-9H2,1-2H3. The van der Waals surface area contributed by atoms with Crippen LogP contribution in [-0.4, -0.2) is 23.8 Å². The molecule has 2 aliphatic rings. The SMILES string of the molecule is CCC1(CC)CCN(C(=N)C2CC2)C1. The van der Waals surface area contributed by atoms with Crippen molar-refractivity contribution in [1.82, 2.24) is 4.90 Å². The number of rotatable bonds is 3. The highest BCUT2D eigenvalue weighted by atomic mass is 15.2. The van der Waals surface area contributed by atoms with E-state index in [1.165, 1.54) is 32.1 Å². The lowest BCUT2D eigenvalue weighted by molar-refractivity contribution is 0.276. The molecule has 1 aliphatic heterocycles. The van der Waals surface area contributed by atoms with Gasteiger partial charge in [-0.3, -0.25) is 5.41 Å². The lowest BCUT2D eigenvalue weighted by Gasteiger charge is -2.27. The van der Waals surface area contributed by atoms with Crippen LogP contribution in [0.4, 0.5) is 0 Å². The maximum absolute atomic E-state index is 8.06. The zero-order valence-corrected chi connectivity index (χ0v) is 9.47. The number of amidine groups is 1. The van der Waals surface area contributed by atoms with Crippen molar-refractivity contribution in [3.8, 4) is 0 Å². The highest BCUT2D eigenvalue weighted by Gasteiger charge is 2.39. The van der Waals surface area contributed by atoms with Gasteiger partial charge in [0.2, 0.25) is 0 Å². The van der Waals surface area contributed by atoms with Crippen LogP contribution in [0, 0.1) is 16.7 Å². The lowest BCUT2D eigenvalue weighted by Crippen LogP contribution is -2.32. The molecule has 0 aromatic heterocycles. The molecule has 2 fully saturated rings. The second-order valence-corrected chi connectivity index (χ2v) is 5.04. The van der Waals surface area contributed by atoms with Crippen LogP contribution >= 0.6 is 0 Å². The maximum Gasteiger partial charge on any atom is 0.0989 e. The van der Waals surface area contributed by atoms with Crippen LogP contribution in [0.15, 0.2) is 0 Å². The smallest absolute Gasteiger partial charge is 0.0989 e. The van der Waals surface area contributed by atoms with Gasteiger partial charge in [-0.1, -0.05) is 13.8 Å². The Morgan fingerprint density at radius 1 is 1.36 bits per heavy atom. The van der Waals surface area contributed by atoms with Gasteiger partial charge in [0.1, 0.15) is 0 Å². The topological polar surface area (TPSA) is 27.1 Å². The van der Waals surface area contributed by atoms with Crippen LogP contribution in [-0.2, 0) is 0 Å². The van der Waals surface area contributed by atoms with Crippen LogP contribution in [0.3, 0.4) is 0 Å². The number of nitrogens with one attached hydrogen (secondary N) is 1. The first kappa shape index (κ1) is 10.0. The van der Waals surface area contributed by atoms with E-state index in [-0.39, 0.29) is 0 Å². The van der Waals surface area contributed by atoms with Crippen LogP contribution < -0.4 is 0 Å². The Kier molecular flexibility index (Phi) is 2.54. The van der Waals surface area contributed by atoms with Gasteiger partial charge in [-0.15, -0.1) is 0 Å². The molecule has 0 aromatic carbocycles. The molecule has 0 spiro atoms. The molecule has 1 N–H and O–H groups in total. The van der Waals surface area contributed by atoms with E-state index in [0.29, 0.717) is 11.3 Å². The highest BCUT2D eigenvalue weighted by molar-refractivity contribution is 5.84. The summed E-state index contributed by atoms with van der Waals surface area (Å²) in [6.45, 7) is 6.88. The van der Waals surface area contributed by atoms with Gasteiger partial charge in [0.25, 0.3) is 0 Å². The van der Waals surface area contributed by atoms with Crippen molar-refractivity contribution in [2.75, 3.05) is 13.1 Å². The molecule has 0 amide bonds. The molecule has 0 radical (unpaired) electrons. The second kappa shape index (κ2) is 3.56. The molecule has 1 aliphatic carbocycles. The minimum absolute atomic E-state index is 0.529. The van der Waals surface area contributed by atoms with Gasteiger partial charge in [0.15, 0.2) is 0 Å². The van der Waals surface area contributed by atoms with Gasteiger partial charge < -0.3 is 4.90 Å². The van der Waals surface area contributed by atoms with Crippen molar-refractivity contribution in [3.05, 3.63) is 0 Å². The molecule has 1 heterocycles. The first-order valence-corrected chi connectivity index (χ1v) is 6.04. The van der Waals surface area contributed by atoms with Gasteiger partial charge in [-0.05, 0) is 37.5 Å². The van der Waals surface area contributed by atoms with Crippen molar-refractivity contribution in [2.45, 2.75) is 46.0 Å². The fourth-order valence-electron chi connectivity index (χ4n) is 2.58. The van der Waals surface area contributed by atoms with Gasteiger partial charge in [0, 0.05) is 19.0 Å². The summed E-state index contributed by atoms with van der Waals surface area (Å²) in [4.78, 5) is 2.34. The highest BCUT2D eigenvalue weighted by Crippen LogP contribution is 2.40. The molecule has 1 saturated heterocycles. The molecule has 0 aromatic rings. The van der Waals surface area contributed by atoms with E-state index in [2.05, 4.69) is 18.7 Å². The Labute approximate surface area is 87.2 Å². The minimum Gasteiger partial charge on any atom is -0.360 e. The molecule has 0 atom stereocenters. The fourth-order valence-corrected chi connectivity index (χ4v) is 2.58. The van der Waals surface area contributed by atoms with Gasteiger partial charge in [-0.2, -0.15) is 0 Å². The largest absolute Gasteiger partial charge is 0.360 e. The predicted octanol–water partition coefficient (Wildman–Crippen LogP) is 2.89.